The van der Waals surface area contributed by atoms with Crippen LogP contribution in [0.15, 0.2) is 66.7 Å². The normalized spacial score (nSPS) is 9.38. The first-order valence-corrected chi connectivity index (χ1v) is 6.60. The van der Waals surface area contributed by atoms with Crippen LogP contribution in [0.2, 0.25) is 0 Å². The Morgan fingerprint density at radius 2 is 1.57 bits per heavy atom. The molecule has 0 N–H and O–H groups in total. The van der Waals surface area contributed by atoms with Gasteiger partial charge in [0.2, 0.25) is 5.78 Å². The van der Waals surface area contributed by atoms with Crippen molar-refractivity contribution >= 4 is 5.78 Å². The summed E-state index contributed by atoms with van der Waals surface area (Å²) >= 11 is 0. The van der Waals surface area contributed by atoms with E-state index in [9.17, 15) is 4.79 Å². The maximum absolute atomic E-state index is 11.7. The van der Waals surface area contributed by atoms with Crippen LogP contribution in [-0.4, -0.2) is 5.78 Å². The number of rotatable bonds is 1. The van der Waals surface area contributed by atoms with Crippen molar-refractivity contribution in [3.63, 3.8) is 0 Å². The highest BCUT2D eigenvalue weighted by Gasteiger charge is 1.97. The van der Waals surface area contributed by atoms with Crippen LogP contribution in [-0.2, 0) is 0 Å². The molecule has 0 saturated carbocycles. The van der Waals surface area contributed by atoms with Crippen LogP contribution in [0, 0.1) is 30.6 Å². The molecule has 0 spiro atoms. The molecule has 100 valence electrons. The quantitative estimate of drug-likeness (QED) is 0.438. The average molecular weight is 270 g/mol. The molecule has 0 unspecified atom stereocenters. The largest absolute Gasteiger partial charge is 0.279 e. The Bertz CT molecular complexity index is 758. The van der Waals surface area contributed by atoms with E-state index in [-0.39, 0.29) is 5.78 Å². The van der Waals surface area contributed by atoms with Crippen molar-refractivity contribution in [2.75, 3.05) is 0 Å². The number of benzene rings is 2. The lowest BCUT2D eigenvalue weighted by molar-refractivity contribution is 0.105. The Balaban J connectivity index is 1.94. The third-order valence-electron chi connectivity index (χ3n) is 2.74. The standard InChI is InChI=1S/C20H14O/c1-17-13-15-18(16-14-17)9-5-2-3-8-12-20(21)19-10-6-4-7-11-19/h2-4,6-7,10-11,13-16H,1H3/b3-2-. The Kier molecular flexibility index (Phi) is 5.16. The predicted molar refractivity (Wildman–Crippen MR) is 85.7 cm³/mol. The molecule has 0 aromatic heterocycles. The fraction of sp³-hybridized carbons (Fsp3) is 0.0500. The second-order valence-electron chi connectivity index (χ2n) is 4.43. The van der Waals surface area contributed by atoms with Gasteiger partial charge in [-0.1, -0.05) is 65.8 Å². The van der Waals surface area contributed by atoms with Crippen LogP contribution in [0.3, 0.4) is 0 Å². The van der Waals surface area contributed by atoms with E-state index in [0.717, 1.165) is 5.56 Å². The van der Waals surface area contributed by atoms with Crippen LogP contribution in [0.1, 0.15) is 21.5 Å². The number of Topliss-reactive ketones (excluding diaryl/α,β-unsaturated/α-hetero) is 1. The molecule has 0 aliphatic carbocycles. The molecule has 0 heterocycles. The zero-order valence-corrected chi connectivity index (χ0v) is 11.8. The first kappa shape index (κ1) is 14.4. The topological polar surface area (TPSA) is 17.1 Å². The Morgan fingerprint density at radius 3 is 2.29 bits per heavy atom. The molecule has 1 nitrogen and oxygen atoms in total. The maximum Gasteiger partial charge on any atom is 0.236 e. The van der Waals surface area contributed by atoms with Gasteiger partial charge in [0.1, 0.15) is 0 Å². The molecule has 0 atom stereocenters. The van der Waals surface area contributed by atoms with Gasteiger partial charge < -0.3 is 0 Å². The summed E-state index contributed by atoms with van der Waals surface area (Å²) in [6.45, 7) is 2.04. The van der Waals surface area contributed by atoms with E-state index in [0.29, 0.717) is 5.56 Å². The second kappa shape index (κ2) is 7.53. The van der Waals surface area contributed by atoms with Crippen LogP contribution >= 0.6 is 0 Å². The highest BCUT2D eigenvalue weighted by molar-refractivity contribution is 6.09. The zero-order chi connectivity index (χ0) is 14.9. The van der Waals surface area contributed by atoms with Crippen molar-refractivity contribution < 1.29 is 4.79 Å². The summed E-state index contributed by atoms with van der Waals surface area (Å²) in [6.07, 6.45) is 3.23. The summed E-state index contributed by atoms with van der Waals surface area (Å²) < 4.78 is 0. The van der Waals surface area contributed by atoms with Crippen LogP contribution in [0.5, 0.6) is 0 Å². The summed E-state index contributed by atoms with van der Waals surface area (Å²) in [5, 5.41) is 0. The molecule has 0 fully saturated rings. The highest BCUT2D eigenvalue weighted by Crippen LogP contribution is 2.00. The van der Waals surface area contributed by atoms with Gasteiger partial charge in [-0.2, -0.15) is 0 Å². The molecule has 0 saturated heterocycles. The van der Waals surface area contributed by atoms with Gasteiger partial charge in [0.25, 0.3) is 0 Å². The summed E-state index contributed by atoms with van der Waals surface area (Å²) in [5.41, 5.74) is 2.77. The lowest BCUT2D eigenvalue weighted by Crippen LogP contribution is -1.92. The molecule has 0 aliphatic rings. The Morgan fingerprint density at radius 1 is 0.905 bits per heavy atom. The first-order chi connectivity index (χ1) is 10.3. The Hall–Kier alpha value is -3.03. The molecule has 2 rings (SSSR count). The second-order valence-corrected chi connectivity index (χ2v) is 4.43. The molecule has 1 heteroatoms. The van der Waals surface area contributed by atoms with E-state index >= 15 is 0 Å². The number of hydrogen-bond donors (Lipinski definition) is 0. The van der Waals surface area contributed by atoms with E-state index in [1.54, 1.807) is 24.3 Å². The Labute approximate surface area is 125 Å². The van der Waals surface area contributed by atoms with E-state index < -0.39 is 0 Å². The predicted octanol–water partition coefficient (Wildman–Crippen LogP) is 3.79. The van der Waals surface area contributed by atoms with E-state index in [4.69, 9.17) is 0 Å². The summed E-state index contributed by atoms with van der Waals surface area (Å²) in [5.74, 6) is 11.0. The minimum absolute atomic E-state index is 0.188. The fourth-order valence-corrected chi connectivity index (χ4v) is 1.61. The summed E-state index contributed by atoms with van der Waals surface area (Å²) in [4.78, 5) is 11.7. The monoisotopic (exact) mass is 270 g/mol. The van der Waals surface area contributed by atoms with Crippen molar-refractivity contribution in [3.05, 3.63) is 83.4 Å². The lowest BCUT2D eigenvalue weighted by atomic mass is 10.1. The number of carbonyl (C=O) groups excluding carboxylic acids is 1. The van der Waals surface area contributed by atoms with Gasteiger partial charge in [0.05, 0.1) is 0 Å². The van der Waals surface area contributed by atoms with E-state index in [1.807, 2.05) is 49.4 Å². The summed E-state index contributed by atoms with van der Waals surface area (Å²) in [7, 11) is 0. The molecule has 21 heavy (non-hydrogen) atoms. The molecular weight excluding hydrogens is 256 g/mol. The number of ketones is 1. The molecule has 0 aliphatic heterocycles. The smallest absolute Gasteiger partial charge is 0.236 e. The van der Waals surface area contributed by atoms with Crippen molar-refractivity contribution in [1.29, 1.82) is 0 Å². The van der Waals surface area contributed by atoms with Crippen molar-refractivity contribution in [1.82, 2.24) is 0 Å². The number of carbonyl (C=O) groups is 1. The third-order valence-corrected chi connectivity index (χ3v) is 2.74. The van der Waals surface area contributed by atoms with E-state index in [2.05, 4.69) is 23.7 Å². The van der Waals surface area contributed by atoms with Crippen LogP contribution in [0.4, 0.5) is 0 Å². The summed E-state index contributed by atoms with van der Waals surface area (Å²) in [6, 6.07) is 17.0. The van der Waals surface area contributed by atoms with Gasteiger partial charge in [0.15, 0.2) is 0 Å². The van der Waals surface area contributed by atoms with Crippen molar-refractivity contribution in [2.24, 2.45) is 0 Å². The molecule has 0 bridgehead atoms. The van der Waals surface area contributed by atoms with Gasteiger partial charge in [-0.15, -0.1) is 0 Å². The highest BCUT2D eigenvalue weighted by atomic mass is 16.1. The van der Waals surface area contributed by atoms with Crippen LogP contribution in [0.25, 0.3) is 0 Å². The van der Waals surface area contributed by atoms with Gasteiger partial charge in [-0.05, 0) is 37.1 Å². The van der Waals surface area contributed by atoms with Gasteiger partial charge in [0, 0.05) is 11.1 Å². The number of aryl methyl sites for hydroxylation is 1. The molecule has 0 radical (unpaired) electrons. The molecular formula is C20H14O. The van der Waals surface area contributed by atoms with Crippen molar-refractivity contribution in [2.45, 2.75) is 6.92 Å². The SMILES string of the molecule is Cc1ccc(C#C/C=C\C#CC(=O)c2ccccc2)cc1. The first-order valence-electron chi connectivity index (χ1n) is 6.60. The molecule has 0 amide bonds. The number of hydrogen-bond acceptors (Lipinski definition) is 1. The van der Waals surface area contributed by atoms with Crippen LogP contribution < -0.4 is 0 Å². The maximum atomic E-state index is 11.7. The minimum atomic E-state index is -0.188. The average Bonchev–Trinajstić information content (AvgIpc) is 2.53. The molecule has 2 aromatic rings. The van der Waals surface area contributed by atoms with Gasteiger partial charge in [-0.25, -0.2) is 0 Å². The fourth-order valence-electron chi connectivity index (χ4n) is 1.61. The van der Waals surface area contributed by atoms with Gasteiger partial charge in [-0.3, -0.25) is 4.79 Å². The minimum Gasteiger partial charge on any atom is -0.279 e. The van der Waals surface area contributed by atoms with Crippen molar-refractivity contribution in [3.8, 4) is 23.7 Å². The zero-order valence-electron chi connectivity index (χ0n) is 11.8. The van der Waals surface area contributed by atoms with Gasteiger partial charge >= 0.3 is 0 Å². The lowest BCUT2D eigenvalue weighted by Gasteiger charge is -1.90. The number of allylic oxidation sites excluding steroid dienone is 2. The molecule has 2 aromatic carbocycles. The van der Waals surface area contributed by atoms with E-state index in [1.165, 1.54) is 5.56 Å². The third kappa shape index (κ3) is 4.86.